The van der Waals surface area contributed by atoms with Gasteiger partial charge in [0, 0.05) is 18.8 Å². The van der Waals surface area contributed by atoms with Crippen LogP contribution in [0.1, 0.15) is 17.0 Å². The highest BCUT2D eigenvalue weighted by atomic mass is 16.6. The Morgan fingerprint density at radius 2 is 2.08 bits per heavy atom. The Hall–Kier alpha value is -3.26. The molecule has 0 bridgehead atoms. The maximum absolute atomic E-state index is 11.2. The van der Waals surface area contributed by atoms with Crippen molar-refractivity contribution in [1.29, 1.82) is 0 Å². The van der Waals surface area contributed by atoms with E-state index in [2.05, 4.69) is 15.4 Å². The number of aryl methyl sites for hydroxylation is 2. The van der Waals surface area contributed by atoms with Crippen LogP contribution >= 0.6 is 0 Å². The van der Waals surface area contributed by atoms with Crippen molar-refractivity contribution in [3.05, 3.63) is 75.9 Å². The lowest BCUT2D eigenvalue weighted by molar-refractivity contribution is -0.384. The summed E-state index contributed by atoms with van der Waals surface area (Å²) >= 11 is 0. The lowest BCUT2D eigenvalue weighted by Gasteiger charge is -2.10. The van der Waals surface area contributed by atoms with E-state index in [1.165, 1.54) is 6.33 Å². The molecule has 0 saturated carbocycles. The monoisotopic (exact) mass is 353 g/mol. The van der Waals surface area contributed by atoms with Gasteiger partial charge in [-0.2, -0.15) is 5.10 Å². The second-order valence-electron chi connectivity index (χ2n) is 5.90. The van der Waals surface area contributed by atoms with Gasteiger partial charge in [0.15, 0.2) is 5.82 Å². The Morgan fingerprint density at radius 1 is 1.23 bits per heavy atom. The first-order valence-electron chi connectivity index (χ1n) is 8.04. The summed E-state index contributed by atoms with van der Waals surface area (Å²) in [5.74, 6) is 0.745. The highest BCUT2D eigenvalue weighted by Gasteiger charge is 2.14. The lowest BCUT2D eigenvalue weighted by Crippen LogP contribution is -2.03. The van der Waals surface area contributed by atoms with Crippen LogP contribution in [0.2, 0.25) is 0 Å². The molecule has 3 aromatic rings. The number of nitro groups is 1. The third-order valence-electron chi connectivity index (χ3n) is 3.86. The molecule has 134 valence electrons. The standard InChI is InChI=1S/C18H19N5O3/c1-13-6-7-16(17(8-13)23(24)25)21-15-5-3-4-14(9-15)10-26-11-18-19-12-20-22(18)2/h3-9,12,21H,10-11H2,1-2H3. The third-order valence-corrected chi connectivity index (χ3v) is 3.86. The van der Waals surface area contributed by atoms with Crippen LogP contribution in [0.3, 0.4) is 0 Å². The molecule has 0 aliphatic heterocycles. The minimum Gasteiger partial charge on any atom is -0.369 e. The van der Waals surface area contributed by atoms with Gasteiger partial charge < -0.3 is 10.1 Å². The predicted molar refractivity (Wildman–Crippen MR) is 97.1 cm³/mol. The van der Waals surface area contributed by atoms with Gasteiger partial charge in [-0.3, -0.25) is 14.8 Å². The number of nitrogens with one attached hydrogen (secondary N) is 1. The summed E-state index contributed by atoms with van der Waals surface area (Å²) in [6, 6.07) is 12.7. The number of anilines is 2. The van der Waals surface area contributed by atoms with Crippen LogP contribution in [-0.2, 0) is 25.0 Å². The van der Waals surface area contributed by atoms with Gasteiger partial charge in [-0.05, 0) is 36.2 Å². The molecule has 0 saturated heterocycles. The van der Waals surface area contributed by atoms with Crippen molar-refractivity contribution in [2.24, 2.45) is 7.05 Å². The van der Waals surface area contributed by atoms with Gasteiger partial charge in [0.05, 0.1) is 11.5 Å². The highest BCUT2D eigenvalue weighted by molar-refractivity contribution is 5.70. The number of hydrogen-bond donors (Lipinski definition) is 1. The fraction of sp³-hybridized carbons (Fsp3) is 0.222. The third kappa shape index (κ3) is 4.22. The van der Waals surface area contributed by atoms with Crippen molar-refractivity contribution >= 4 is 17.1 Å². The molecule has 1 heterocycles. The predicted octanol–water partition coefficient (Wildman–Crippen LogP) is 3.49. The Labute approximate surface area is 150 Å². The molecule has 1 N–H and O–H groups in total. The molecule has 0 unspecified atom stereocenters. The SMILES string of the molecule is Cc1ccc(Nc2cccc(COCc3ncnn3C)c2)c([N+](=O)[O-])c1. The molecule has 2 aromatic carbocycles. The van der Waals surface area contributed by atoms with Gasteiger partial charge in [-0.15, -0.1) is 0 Å². The van der Waals surface area contributed by atoms with E-state index in [0.717, 1.165) is 22.6 Å². The van der Waals surface area contributed by atoms with Crippen molar-refractivity contribution in [1.82, 2.24) is 14.8 Å². The Balaban J connectivity index is 1.68. The van der Waals surface area contributed by atoms with E-state index in [0.29, 0.717) is 18.9 Å². The van der Waals surface area contributed by atoms with Crippen molar-refractivity contribution in [3.63, 3.8) is 0 Å². The summed E-state index contributed by atoms with van der Waals surface area (Å²) in [4.78, 5) is 15.0. The normalized spacial score (nSPS) is 10.7. The first kappa shape index (κ1) is 17.6. The van der Waals surface area contributed by atoms with Crippen LogP contribution in [0.25, 0.3) is 0 Å². The van der Waals surface area contributed by atoms with Gasteiger partial charge in [-0.25, -0.2) is 4.98 Å². The van der Waals surface area contributed by atoms with Gasteiger partial charge in [0.1, 0.15) is 18.6 Å². The number of nitrogens with zero attached hydrogens (tertiary/aromatic N) is 4. The number of hydrogen-bond acceptors (Lipinski definition) is 6. The second kappa shape index (κ2) is 7.75. The van der Waals surface area contributed by atoms with Gasteiger partial charge in [0.2, 0.25) is 0 Å². The first-order chi connectivity index (χ1) is 12.5. The zero-order chi connectivity index (χ0) is 18.5. The van der Waals surface area contributed by atoms with E-state index < -0.39 is 0 Å². The minimum atomic E-state index is -0.386. The number of benzene rings is 2. The molecule has 0 amide bonds. The van der Waals surface area contributed by atoms with Gasteiger partial charge in [0.25, 0.3) is 5.69 Å². The van der Waals surface area contributed by atoms with E-state index in [1.807, 2.05) is 44.3 Å². The van der Waals surface area contributed by atoms with Gasteiger partial charge >= 0.3 is 0 Å². The molecule has 0 aliphatic rings. The zero-order valence-electron chi connectivity index (χ0n) is 14.5. The molecule has 8 nitrogen and oxygen atoms in total. The summed E-state index contributed by atoms with van der Waals surface area (Å²) in [6.45, 7) is 2.59. The molecule has 3 rings (SSSR count). The van der Waals surface area contributed by atoms with Crippen LogP contribution in [-0.4, -0.2) is 19.7 Å². The molecule has 0 fully saturated rings. The highest BCUT2D eigenvalue weighted by Crippen LogP contribution is 2.28. The fourth-order valence-electron chi connectivity index (χ4n) is 2.50. The number of aromatic nitrogens is 3. The summed E-state index contributed by atoms with van der Waals surface area (Å²) < 4.78 is 7.33. The number of nitro benzene ring substituents is 1. The molecule has 0 aliphatic carbocycles. The molecule has 26 heavy (non-hydrogen) atoms. The maximum Gasteiger partial charge on any atom is 0.292 e. The summed E-state index contributed by atoms with van der Waals surface area (Å²) in [5.41, 5.74) is 3.06. The molecule has 1 aromatic heterocycles. The van der Waals surface area contributed by atoms with E-state index in [1.54, 1.807) is 16.8 Å². The van der Waals surface area contributed by atoms with Crippen LogP contribution in [0.15, 0.2) is 48.8 Å². The van der Waals surface area contributed by atoms with Crippen molar-refractivity contribution in [2.45, 2.75) is 20.1 Å². The largest absolute Gasteiger partial charge is 0.369 e. The maximum atomic E-state index is 11.2. The molecule has 0 atom stereocenters. The molecule has 8 heteroatoms. The average Bonchev–Trinajstić information content (AvgIpc) is 3.02. The molecular weight excluding hydrogens is 334 g/mol. The zero-order valence-corrected chi connectivity index (χ0v) is 14.5. The van der Waals surface area contributed by atoms with Crippen molar-refractivity contribution in [3.8, 4) is 0 Å². The molecule has 0 radical (unpaired) electrons. The first-order valence-corrected chi connectivity index (χ1v) is 8.04. The van der Waals surface area contributed by atoms with E-state index >= 15 is 0 Å². The van der Waals surface area contributed by atoms with Crippen LogP contribution in [0, 0.1) is 17.0 Å². The Kier molecular flexibility index (Phi) is 5.23. The quantitative estimate of drug-likeness (QED) is 0.516. The van der Waals surface area contributed by atoms with E-state index in [-0.39, 0.29) is 10.6 Å². The number of rotatable bonds is 7. The van der Waals surface area contributed by atoms with Crippen molar-refractivity contribution < 1.29 is 9.66 Å². The van der Waals surface area contributed by atoms with Crippen LogP contribution in [0.5, 0.6) is 0 Å². The Morgan fingerprint density at radius 3 is 2.81 bits per heavy atom. The second-order valence-corrected chi connectivity index (χ2v) is 5.90. The summed E-state index contributed by atoms with van der Waals surface area (Å²) in [7, 11) is 1.81. The Bertz CT molecular complexity index is 923. The number of ether oxygens (including phenoxy) is 1. The van der Waals surface area contributed by atoms with E-state index in [9.17, 15) is 10.1 Å². The summed E-state index contributed by atoms with van der Waals surface area (Å²) in [6.07, 6.45) is 1.48. The minimum absolute atomic E-state index is 0.0499. The van der Waals surface area contributed by atoms with Gasteiger partial charge in [-0.1, -0.05) is 18.2 Å². The lowest BCUT2D eigenvalue weighted by atomic mass is 10.1. The smallest absolute Gasteiger partial charge is 0.292 e. The van der Waals surface area contributed by atoms with E-state index in [4.69, 9.17) is 4.74 Å². The molecule has 0 spiro atoms. The fourth-order valence-corrected chi connectivity index (χ4v) is 2.50. The van der Waals surface area contributed by atoms with Crippen molar-refractivity contribution in [2.75, 3.05) is 5.32 Å². The molecular formula is C18H19N5O3. The average molecular weight is 353 g/mol. The van der Waals surface area contributed by atoms with Crippen LogP contribution < -0.4 is 5.32 Å². The summed E-state index contributed by atoms with van der Waals surface area (Å²) in [5, 5.41) is 18.3. The topological polar surface area (TPSA) is 95.1 Å². The van der Waals surface area contributed by atoms with Crippen LogP contribution in [0.4, 0.5) is 17.1 Å².